The third-order valence-corrected chi connectivity index (χ3v) is 2.77. The molecular weight excluding hydrogens is 212 g/mol. The zero-order valence-corrected chi connectivity index (χ0v) is 9.39. The molecule has 1 aromatic carbocycles. The van der Waals surface area contributed by atoms with E-state index in [1.165, 1.54) is 5.56 Å². The quantitative estimate of drug-likeness (QED) is 0.575. The van der Waals surface area contributed by atoms with Crippen LogP contribution in [0.5, 0.6) is 0 Å². The second-order valence-electron chi connectivity index (χ2n) is 3.64. The number of benzene rings is 1. The summed E-state index contributed by atoms with van der Waals surface area (Å²) in [6, 6.07) is 5.70. The van der Waals surface area contributed by atoms with E-state index in [1.54, 1.807) is 6.07 Å². The van der Waals surface area contributed by atoms with Crippen LogP contribution in [-0.2, 0) is 0 Å². The molecule has 2 aromatic rings. The number of carbonyl (C=O) groups excluding carboxylic acids is 1. The summed E-state index contributed by atoms with van der Waals surface area (Å²) < 4.78 is 5.42. The number of alkyl halides is 1. The number of halogens is 1. The van der Waals surface area contributed by atoms with Gasteiger partial charge in [-0.25, -0.2) is 0 Å². The summed E-state index contributed by atoms with van der Waals surface area (Å²) >= 11 is 5.47. The van der Waals surface area contributed by atoms with E-state index >= 15 is 0 Å². The molecule has 0 spiro atoms. The van der Waals surface area contributed by atoms with Crippen LogP contribution in [0.2, 0.25) is 0 Å². The van der Waals surface area contributed by atoms with E-state index in [9.17, 15) is 4.79 Å². The van der Waals surface area contributed by atoms with Crippen molar-refractivity contribution in [3.63, 3.8) is 0 Å². The minimum absolute atomic E-state index is 0.0439. The van der Waals surface area contributed by atoms with Gasteiger partial charge in [-0.2, -0.15) is 0 Å². The van der Waals surface area contributed by atoms with Gasteiger partial charge in [0.1, 0.15) is 5.58 Å². The van der Waals surface area contributed by atoms with Crippen molar-refractivity contribution in [2.45, 2.75) is 13.8 Å². The maximum absolute atomic E-state index is 11.3. The number of hydrogen-bond acceptors (Lipinski definition) is 2. The molecule has 0 bridgehead atoms. The number of Topliss-reactive ketones (excluding diaryl/α,β-unsaturated/α-hetero) is 1. The maximum atomic E-state index is 11.3. The van der Waals surface area contributed by atoms with Gasteiger partial charge in [0.25, 0.3) is 0 Å². The molecule has 78 valence electrons. The van der Waals surface area contributed by atoms with Crippen LogP contribution in [0.3, 0.4) is 0 Å². The Kier molecular flexibility index (Phi) is 2.53. The molecule has 2 rings (SSSR count). The van der Waals surface area contributed by atoms with Crippen molar-refractivity contribution >= 4 is 28.4 Å². The molecule has 0 N–H and O–H groups in total. The molecule has 1 aromatic heterocycles. The number of rotatable bonds is 2. The first-order valence-electron chi connectivity index (χ1n) is 4.72. The lowest BCUT2D eigenvalue weighted by Gasteiger charge is -1.97. The van der Waals surface area contributed by atoms with Gasteiger partial charge in [0.2, 0.25) is 5.78 Å². The van der Waals surface area contributed by atoms with E-state index in [2.05, 4.69) is 0 Å². The lowest BCUT2D eigenvalue weighted by Crippen LogP contribution is -1.96. The number of carbonyl (C=O) groups is 1. The van der Waals surface area contributed by atoms with E-state index in [0.29, 0.717) is 5.76 Å². The normalized spacial score (nSPS) is 10.9. The van der Waals surface area contributed by atoms with E-state index in [1.807, 2.05) is 26.0 Å². The lowest BCUT2D eigenvalue weighted by atomic mass is 10.1. The van der Waals surface area contributed by atoms with Crippen LogP contribution in [0, 0.1) is 13.8 Å². The molecule has 0 atom stereocenters. The fourth-order valence-electron chi connectivity index (χ4n) is 1.51. The summed E-state index contributed by atoms with van der Waals surface area (Å²) in [5.74, 6) is 0.116. The van der Waals surface area contributed by atoms with Crippen LogP contribution in [0.25, 0.3) is 11.0 Å². The number of hydrogen-bond donors (Lipinski definition) is 0. The molecule has 15 heavy (non-hydrogen) atoms. The molecule has 2 nitrogen and oxygen atoms in total. The van der Waals surface area contributed by atoms with E-state index in [-0.39, 0.29) is 11.7 Å². The van der Waals surface area contributed by atoms with Crippen LogP contribution >= 0.6 is 11.6 Å². The monoisotopic (exact) mass is 222 g/mol. The van der Waals surface area contributed by atoms with Gasteiger partial charge < -0.3 is 4.42 Å². The maximum Gasteiger partial charge on any atom is 0.212 e. The summed E-state index contributed by atoms with van der Waals surface area (Å²) in [4.78, 5) is 11.3. The average Bonchev–Trinajstić information content (AvgIpc) is 2.60. The molecule has 0 radical (unpaired) electrons. The minimum atomic E-state index is -0.178. The highest BCUT2D eigenvalue weighted by Gasteiger charge is 2.11. The fraction of sp³-hybridized carbons (Fsp3) is 0.250. The molecule has 0 aliphatic rings. The Balaban J connectivity index is 2.61. The standard InChI is InChI=1S/C12H11ClO2/c1-7-3-9-5-12(10(14)6-13)15-11(9)4-8(7)2/h3-5H,6H2,1-2H3. The van der Waals surface area contributed by atoms with Gasteiger partial charge in [-0.3, -0.25) is 4.79 Å². The van der Waals surface area contributed by atoms with Gasteiger partial charge in [-0.05, 0) is 43.2 Å². The number of aryl methyl sites for hydroxylation is 2. The Morgan fingerprint density at radius 2 is 1.93 bits per heavy atom. The number of furan rings is 1. The molecule has 0 saturated heterocycles. The van der Waals surface area contributed by atoms with Crippen LogP contribution in [0.4, 0.5) is 0 Å². The average molecular weight is 223 g/mol. The Bertz CT molecular complexity index is 487. The second-order valence-corrected chi connectivity index (χ2v) is 3.91. The Labute approximate surface area is 92.8 Å². The van der Waals surface area contributed by atoms with Gasteiger partial charge in [-0.1, -0.05) is 0 Å². The van der Waals surface area contributed by atoms with E-state index < -0.39 is 0 Å². The molecular formula is C12H11ClO2. The summed E-state index contributed by atoms with van der Waals surface area (Å²) in [5, 5.41) is 0.951. The molecule has 3 heteroatoms. The highest BCUT2D eigenvalue weighted by molar-refractivity contribution is 6.30. The summed E-state index contributed by atoms with van der Waals surface area (Å²) in [6.45, 7) is 4.05. The summed E-state index contributed by atoms with van der Waals surface area (Å²) in [7, 11) is 0. The smallest absolute Gasteiger partial charge is 0.212 e. The highest BCUT2D eigenvalue weighted by Crippen LogP contribution is 2.23. The first-order chi connectivity index (χ1) is 7.11. The van der Waals surface area contributed by atoms with Gasteiger partial charge in [-0.15, -0.1) is 11.6 Å². The van der Waals surface area contributed by atoms with Crippen molar-refractivity contribution in [1.29, 1.82) is 0 Å². The van der Waals surface area contributed by atoms with Gasteiger partial charge in [0.05, 0.1) is 5.88 Å². The van der Waals surface area contributed by atoms with E-state index in [4.69, 9.17) is 16.0 Å². The van der Waals surface area contributed by atoms with Crippen molar-refractivity contribution in [3.8, 4) is 0 Å². The first-order valence-corrected chi connectivity index (χ1v) is 5.25. The van der Waals surface area contributed by atoms with Gasteiger partial charge in [0, 0.05) is 5.39 Å². The topological polar surface area (TPSA) is 30.2 Å². The Morgan fingerprint density at radius 1 is 1.27 bits per heavy atom. The predicted octanol–water partition coefficient (Wildman–Crippen LogP) is 3.47. The van der Waals surface area contributed by atoms with Crippen molar-refractivity contribution in [2.75, 3.05) is 5.88 Å². The molecule has 0 fully saturated rings. The van der Waals surface area contributed by atoms with E-state index in [0.717, 1.165) is 16.5 Å². The third kappa shape index (κ3) is 1.77. The van der Waals surface area contributed by atoms with Crippen LogP contribution in [0.1, 0.15) is 21.7 Å². The lowest BCUT2D eigenvalue weighted by molar-refractivity contribution is 0.0992. The first kappa shape index (κ1) is 10.2. The third-order valence-electron chi connectivity index (χ3n) is 2.53. The summed E-state index contributed by atoms with van der Waals surface area (Å²) in [6.07, 6.45) is 0. The highest BCUT2D eigenvalue weighted by atomic mass is 35.5. The Hall–Kier alpha value is -1.28. The number of ketones is 1. The Morgan fingerprint density at radius 3 is 2.60 bits per heavy atom. The zero-order valence-electron chi connectivity index (χ0n) is 8.63. The van der Waals surface area contributed by atoms with Crippen LogP contribution in [-0.4, -0.2) is 11.7 Å². The molecule has 0 amide bonds. The largest absolute Gasteiger partial charge is 0.453 e. The molecule has 0 aliphatic carbocycles. The van der Waals surface area contributed by atoms with Gasteiger partial charge >= 0.3 is 0 Å². The van der Waals surface area contributed by atoms with Crippen molar-refractivity contribution < 1.29 is 9.21 Å². The fourth-order valence-corrected chi connectivity index (χ4v) is 1.64. The van der Waals surface area contributed by atoms with Crippen molar-refractivity contribution in [2.24, 2.45) is 0 Å². The second kappa shape index (κ2) is 3.70. The molecule has 0 unspecified atom stereocenters. The van der Waals surface area contributed by atoms with Crippen molar-refractivity contribution in [1.82, 2.24) is 0 Å². The van der Waals surface area contributed by atoms with Crippen molar-refractivity contribution in [3.05, 3.63) is 35.1 Å². The van der Waals surface area contributed by atoms with Crippen LogP contribution < -0.4 is 0 Å². The SMILES string of the molecule is Cc1cc2cc(C(=O)CCl)oc2cc1C. The molecule has 1 heterocycles. The molecule has 0 aliphatic heterocycles. The summed E-state index contributed by atoms with van der Waals surface area (Å²) in [5.41, 5.74) is 3.08. The van der Waals surface area contributed by atoms with Crippen LogP contribution in [0.15, 0.2) is 22.6 Å². The van der Waals surface area contributed by atoms with Gasteiger partial charge in [0.15, 0.2) is 5.76 Å². The minimum Gasteiger partial charge on any atom is -0.453 e. The predicted molar refractivity (Wildman–Crippen MR) is 60.7 cm³/mol. The zero-order chi connectivity index (χ0) is 11.0. The number of fused-ring (bicyclic) bond motifs is 1. The molecule has 0 saturated carbocycles.